The van der Waals surface area contributed by atoms with E-state index in [0.717, 1.165) is 18.2 Å². The largest absolute Gasteiger partial charge is 0.350 e. The van der Waals surface area contributed by atoms with Crippen molar-refractivity contribution in [3.8, 4) is 0 Å². The zero-order valence-corrected chi connectivity index (χ0v) is 26.6. The van der Waals surface area contributed by atoms with E-state index in [4.69, 9.17) is 58.0 Å². The first-order valence-electron chi connectivity index (χ1n) is 13.1. The molecule has 3 amide bonds. The van der Waals surface area contributed by atoms with Gasteiger partial charge in [0.05, 0.1) is 32.2 Å². The minimum Gasteiger partial charge on any atom is -0.326 e. The Bertz CT molecular complexity index is 1880. The second kappa shape index (κ2) is 12.9. The lowest BCUT2D eigenvalue weighted by Gasteiger charge is -2.18. The molecule has 0 bridgehead atoms. The monoisotopic (exact) mass is 731 g/mol. The number of carbonyl (C=O) groups excluding carboxylic acids is 3. The number of alkyl halides is 4. The highest BCUT2D eigenvalue weighted by Gasteiger charge is 2.67. The molecule has 0 aromatic heterocycles. The number of benzene rings is 4. The standard InChI is InChI=1S/C31H18Cl5F4N3O3/c32-18-9-7-16(41-28(45)24-23(30(24,35)36)14-6-8-19(33)20(34)12-14)13-17(18)27(44)42-22-11-10-21(37)26(25(22)38)43-29(46)31(39,40)15-4-2-1-3-5-15/h1-13,23-24H,(H,41,45)(H,42,44)(H,43,46)/t23-,24?/m0/s1. The van der Waals surface area contributed by atoms with E-state index in [1.807, 2.05) is 0 Å². The molecule has 5 rings (SSSR count). The Morgan fingerprint density at radius 3 is 2.11 bits per heavy atom. The summed E-state index contributed by atoms with van der Waals surface area (Å²) >= 11 is 31.0. The summed E-state index contributed by atoms with van der Waals surface area (Å²) in [5, 5.41) is 6.76. The van der Waals surface area contributed by atoms with Crippen molar-refractivity contribution in [2.45, 2.75) is 16.2 Å². The molecule has 6 nitrogen and oxygen atoms in total. The molecule has 0 aliphatic heterocycles. The molecule has 0 spiro atoms. The van der Waals surface area contributed by atoms with E-state index in [1.165, 1.54) is 36.4 Å². The number of nitrogens with one attached hydrogen (secondary N) is 3. The van der Waals surface area contributed by atoms with Gasteiger partial charge in [-0.3, -0.25) is 14.4 Å². The van der Waals surface area contributed by atoms with Gasteiger partial charge < -0.3 is 16.0 Å². The molecule has 4 aromatic carbocycles. The van der Waals surface area contributed by atoms with Gasteiger partial charge in [-0.1, -0.05) is 71.2 Å². The van der Waals surface area contributed by atoms with Crippen molar-refractivity contribution in [1.29, 1.82) is 0 Å². The number of hydrogen-bond donors (Lipinski definition) is 3. The number of hydrogen-bond acceptors (Lipinski definition) is 3. The molecule has 238 valence electrons. The summed E-state index contributed by atoms with van der Waals surface area (Å²) in [5.41, 5.74) is -2.14. The van der Waals surface area contributed by atoms with E-state index in [9.17, 15) is 27.6 Å². The van der Waals surface area contributed by atoms with E-state index in [-0.39, 0.29) is 21.3 Å². The summed E-state index contributed by atoms with van der Waals surface area (Å²) in [6.07, 6.45) is 0. The Hall–Kier alpha value is -3.54. The summed E-state index contributed by atoms with van der Waals surface area (Å²) in [4.78, 5) is 38.5. The summed E-state index contributed by atoms with van der Waals surface area (Å²) in [7, 11) is 0. The number of rotatable bonds is 8. The van der Waals surface area contributed by atoms with Gasteiger partial charge in [0.2, 0.25) is 5.91 Å². The van der Waals surface area contributed by atoms with Crippen LogP contribution in [0.25, 0.3) is 0 Å². The fourth-order valence-corrected chi connectivity index (χ4v) is 6.03. The average molecular weight is 734 g/mol. The Kier molecular flexibility index (Phi) is 9.50. The molecule has 15 heteroatoms. The van der Waals surface area contributed by atoms with Crippen LogP contribution in [0.15, 0.2) is 78.9 Å². The van der Waals surface area contributed by atoms with E-state index >= 15 is 4.39 Å². The SMILES string of the molecule is O=C(Nc1ccc(F)c(NC(=O)C(F)(F)c2ccccc2)c1F)c1cc(NC(=O)C2[C@H](c3ccc(Cl)c(Cl)c3)C2(Cl)Cl)ccc1Cl. The molecule has 2 atom stereocenters. The zero-order valence-electron chi connectivity index (χ0n) is 22.8. The molecule has 1 fully saturated rings. The number of amides is 3. The molecule has 1 aliphatic rings. The van der Waals surface area contributed by atoms with Crippen molar-refractivity contribution < 1.29 is 31.9 Å². The first-order valence-corrected chi connectivity index (χ1v) is 15.0. The second-order valence-corrected chi connectivity index (χ2v) is 12.8. The van der Waals surface area contributed by atoms with Crippen LogP contribution in [0.1, 0.15) is 27.4 Å². The number of halogens is 9. The minimum absolute atomic E-state index is 0.0964. The van der Waals surface area contributed by atoms with Gasteiger partial charge in [-0.25, -0.2) is 8.78 Å². The third-order valence-corrected chi connectivity index (χ3v) is 9.13. The number of carbonyl (C=O) groups is 3. The van der Waals surface area contributed by atoms with Crippen molar-refractivity contribution in [1.82, 2.24) is 0 Å². The van der Waals surface area contributed by atoms with Gasteiger partial charge >= 0.3 is 5.92 Å². The van der Waals surface area contributed by atoms with E-state index < -0.39 is 68.4 Å². The van der Waals surface area contributed by atoms with E-state index in [0.29, 0.717) is 16.7 Å². The molecule has 1 saturated carbocycles. The van der Waals surface area contributed by atoms with Crippen molar-refractivity contribution in [2.75, 3.05) is 16.0 Å². The Morgan fingerprint density at radius 2 is 1.43 bits per heavy atom. The predicted octanol–water partition coefficient (Wildman–Crippen LogP) is 9.43. The van der Waals surface area contributed by atoms with Gasteiger partial charge in [-0.2, -0.15) is 8.78 Å². The van der Waals surface area contributed by atoms with Crippen LogP contribution in [0.2, 0.25) is 15.1 Å². The highest BCUT2D eigenvalue weighted by molar-refractivity contribution is 6.53. The zero-order chi connectivity index (χ0) is 33.6. The maximum Gasteiger partial charge on any atom is 0.350 e. The van der Waals surface area contributed by atoms with Crippen LogP contribution in [0.4, 0.5) is 34.6 Å². The van der Waals surface area contributed by atoms with Crippen LogP contribution < -0.4 is 16.0 Å². The summed E-state index contributed by atoms with van der Waals surface area (Å²) in [6, 6.07) is 16.0. The molecular weight excluding hydrogens is 716 g/mol. The summed E-state index contributed by atoms with van der Waals surface area (Å²) in [6.45, 7) is 0. The third kappa shape index (κ3) is 6.63. The molecule has 0 heterocycles. The quantitative estimate of drug-likeness (QED) is 0.125. The fraction of sp³-hybridized carbons (Fsp3) is 0.129. The minimum atomic E-state index is -4.13. The van der Waals surface area contributed by atoms with Crippen molar-refractivity contribution in [3.05, 3.63) is 122 Å². The van der Waals surface area contributed by atoms with Crippen molar-refractivity contribution >= 4 is 92.8 Å². The van der Waals surface area contributed by atoms with E-state index in [1.54, 1.807) is 23.5 Å². The van der Waals surface area contributed by atoms with Gasteiger partial charge in [0.1, 0.15) is 15.8 Å². The molecule has 1 unspecified atom stereocenters. The summed E-state index contributed by atoms with van der Waals surface area (Å²) in [5.74, 6) is -12.2. The average Bonchev–Trinajstić information content (AvgIpc) is 3.60. The van der Waals surface area contributed by atoms with Crippen molar-refractivity contribution in [2.24, 2.45) is 5.92 Å². The van der Waals surface area contributed by atoms with Crippen molar-refractivity contribution in [3.63, 3.8) is 0 Å². The smallest absolute Gasteiger partial charge is 0.326 e. The lowest BCUT2D eigenvalue weighted by molar-refractivity contribution is -0.141. The van der Waals surface area contributed by atoms with Crippen LogP contribution in [0.5, 0.6) is 0 Å². The first-order chi connectivity index (χ1) is 21.6. The Morgan fingerprint density at radius 1 is 0.761 bits per heavy atom. The molecule has 4 aromatic rings. The predicted molar refractivity (Wildman–Crippen MR) is 170 cm³/mol. The van der Waals surface area contributed by atoms with Crippen LogP contribution in [0, 0.1) is 17.6 Å². The topological polar surface area (TPSA) is 87.3 Å². The Balaban J connectivity index is 1.32. The maximum atomic E-state index is 15.3. The van der Waals surface area contributed by atoms with Gasteiger partial charge in [0.15, 0.2) is 5.82 Å². The highest BCUT2D eigenvalue weighted by Crippen LogP contribution is 2.65. The van der Waals surface area contributed by atoms with Gasteiger partial charge in [0, 0.05) is 17.2 Å². The maximum absolute atomic E-state index is 15.3. The fourth-order valence-electron chi connectivity index (χ4n) is 4.69. The van der Waals surface area contributed by atoms with Gasteiger partial charge in [-0.15, -0.1) is 23.2 Å². The lowest BCUT2D eigenvalue weighted by atomic mass is 10.1. The molecular formula is C31H18Cl5F4N3O3. The van der Waals surface area contributed by atoms with E-state index in [2.05, 4.69) is 10.6 Å². The number of anilines is 3. The third-order valence-electron chi connectivity index (χ3n) is 7.12. The highest BCUT2D eigenvalue weighted by atomic mass is 35.5. The van der Waals surface area contributed by atoms with Crippen LogP contribution in [-0.4, -0.2) is 22.1 Å². The normalized spacial score (nSPS) is 16.8. The summed E-state index contributed by atoms with van der Waals surface area (Å²) < 4.78 is 57.6. The van der Waals surface area contributed by atoms with Gasteiger partial charge in [0.25, 0.3) is 11.8 Å². The molecule has 46 heavy (non-hydrogen) atoms. The van der Waals surface area contributed by atoms with Gasteiger partial charge in [-0.05, 0) is 48.0 Å². The molecule has 3 N–H and O–H groups in total. The molecule has 1 aliphatic carbocycles. The lowest BCUT2D eigenvalue weighted by Crippen LogP contribution is -2.33. The van der Waals surface area contributed by atoms with Crippen LogP contribution >= 0.6 is 58.0 Å². The molecule has 0 saturated heterocycles. The van der Waals surface area contributed by atoms with Crippen LogP contribution in [-0.2, 0) is 15.5 Å². The second-order valence-electron chi connectivity index (χ2n) is 10.1. The van der Waals surface area contributed by atoms with Crippen LogP contribution in [0.3, 0.4) is 0 Å². The first kappa shape index (κ1) is 33.8. The Labute approximate surface area is 283 Å². The molecule has 0 radical (unpaired) electrons.